The normalized spacial score (nSPS) is 13.0. The SMILES string of the molecule is O=S(O)c1c(Cl)ccc(F)c1F. The van der Waals surface area contributed by atoms with Gasteiger partial charge in [0.15, 0.2) is 22.7 Å². The summed E-state index contributed by atoms with van der Waals surface area (Å²) in [4.78, 5) is -0.725. The molecule has 0 aliphatic rings. The number of benzene rings is 1. The van der Waals surface area contributed by atoms with Gasteiger partial charge in [-0.2, -0.15) is 0 Å². The summed E-state index contributed by atoms with van der Waals surface area (Å²) < 4.78 is 44.0. The minimum Gasteiger partial charge on any atom is -0.302 e. The third-order valence-corrected chi connectivity index (χ3v) is 2.35. The molecule has 0 heterocycles. The fourth-order valence-corrected chi connectivity index (χ4v) is 1.50. The first-order valence-electron chi connectivity index (χ1n) is 2.78. The van der Waals surface area contributed by atoms with E-state index >= 15 is 0 Å². The van der Waals surface area contributed by atoms with Crippen molar-refractivity contribution in [3.05, 3.63) is 28.8 Å². The monoisotopic (exact) mass is 212 g/mol. The van der Waals surface area contributed by atoms with Gasteiger partial charge < -0.3 is 4.55 Å². The number of rotatable bonds is 1. The average Bonchev–Trinajstić information content (AvgIpc) is 1.97. The molecule has 0 aliphatic carbocycles. The molecule has 0 spiro atoms. The smallest absolute Gasteiger partial charge is 0.191 e. The van der Waals surface area contributed by atoms with Crippen molar-refractivity contribution in [2.75, 3.05) is 0 Å². The van der Waals surface area contributed by atoms with Crippen LogP contribution in [0.1, 0.15) is 0 Å². The van der Waals surface area contributed by atoms with E-state index in [1.54, 1.807) is 0 Å². The molecule has 12 heavy (non-hydrogen) atoms. The average molecular weight is 213 g/mol. The summed E-state index contributed by atoms with van der Waals surface area (Å²) in [6, 6.07) is 1.80. The third-order valence-electron chi connectivity index (χ3n) is 1.18. The summed E-state index contributed by atoms with van der Waals surface area (Å²) in [7, 11) is 0. The Morgan fingerprint density at radius 1 is 1.42 bits per heavy atom. The lowest BCUT2D eigenvalue weighted by Crippen LogP contribution is -1.97. The highest BCUT2D eigenvalue weighted by atomic mass is 35.5. The van der Waals surface area contributed by atoms with Gasteiger partial charge in [-0.3, -0.25) is 0 Å². The Morgan fingerprint density at radius 2 is 2.00 bits per heavy atom. The minimum absolute atomic E-state index is 0.269. The van der Waals surface area contributed by atoms with E-state index < -0.39 is 27.6 Å². The molecule has 1 aromatic rings. The molecule has 0 saturated heterocycles. The van der Waals surface area contributed by atoms with E-state index in [9.17, 15) is 13.0 Å². The minimum atomic E-state index is -2.61. The van der Waals surface area contributed by atoms with Crippen LogP contribution in [0.3, 0.4) is 0 Å². The summed E-state index contributed by atoms with van der Waals surface area (Å²) in [6.45, 7) is 0. The first-order valence-corrected chi connectivity index (χ1v) is 4.27. The number of hydrogen-bond acceptors (Lipinski definition) is 1. The van der Waals surface area contributed by atoms with Gasteiger partial charge in [0, 0.05) is 0 Å². The van der Waals surface area contributed by atoms with Crippen LogP contribution in [0.5, 0.6) is 0 Å². The van der Waals surface area contributed by atoms with Crippen LogP contribution in [-0.2, 0) is 11.1 Å². The highest BCUT2D eigenvalue weighted by Crippen LogP contribution is 2.23. The van der Waals surface area contributed by atoms with Crippen molar-refractivity contribution in [2.45, 2.75) is 4.90 Å². The molecular formula is C6H3ClF2O2S. The Balaban J connectivity index is 3.43. The van der Waals surface area contributed by atoms with E-state index in [1.807, 2.05) is 0 Å². The third kappa shape index (κ3) is 1.63. The Hall–Kier alpha value is -0.520. The van der Waals surface area contributed by atoms with Crippen LogP contribution < -0.4 is 0 Å². The lowest BCUT2D eigenvalue weighted by Gasteiger charge is -2.00. The van der Waals surface area contributed by atoms with Gasteiger partial charge in [-0.1, -0.05) is 11.6 Å². The quantitative estimate of drug-likeness (QED) is 0.572. The molecule has 0 bridgehead atoms. The van der Waals surface area contributed by atoms with Crippen molar-refractivity contribution in [2.24, 2.45) is 0 Å². The van der Waals surface area contributed by atoms with Crippen LogP contribution in [0.25, 0.3) is 0 Å². The zero-order valence-corrected chi connectivity index (χ0v) is 7.12. The molecule has 1 atom stereocenters. The molecule has 0 radical (unpaired) electrons. The Bertz CT molecular complexity index is 343. The maximum atomic E-state index is 12.7. The molecule has 0 aromatic heterocycles. The van der Waals surface area contributed by atoms with Crippen LogP contribution in [0, 0.1) is 11.6 Å². The highest BCUT2D eigenvalue weighted by molar-refractivity contribution is 7.79. The van der Waals surface area contributed by atoms with Gasteiger partial charge in [0.2, 0.25) is 0 Å². The van der Waals surface area contributed by atoms with E-state index in [4.69, 9.17) is 16.2 Å². The van der Waals surface area contributed by atoms with Gasteiger partial charge in [-0.05, 0) is 12.1 Å². The molecule has 1 aromatic carbocycles. The van der Waals surface area contributed by atoms with E-state index in [0.717, 1.165) is 12.1 Å². The van der Waals surface area contributed by atoms with Gasteiger partial charge in [-0.25, -0.2) is 13.0 Å². The summed E-state index contributed by atoms with van der Waals surface area (Å²) in [5.41, 5.74) is 0. The van der Waals surface area contributed by atoms with Crippen LogP contribution in [0.15, 0.2) is 17.0 Å². The molecule has 1 unspecified atom stereocenters. The molecular weight excluding hydrogens is 210 g/mol. The molecule has 1 N–H and O–H groups in total. The van der Waals surface area contributed by atoms with E-state index in [2.05, 4.69) is 0 Å². The molecule has 0 saturated carbocycles. The summed E-state index contributed by atoms with van der Waals surface area (Å²) in [5, 5.41) is -0.269. The highest BCUT2D eigenvalue weighted by Gasteiger charge is 2.16. The van der Waals surface area contributed by atoms with E-state index in [1.165, 1.54) is 0 Å². The Morgan fingerprint density at radius 3 is 2.42 bits per heavy atom. The van der Waals surface area contributed by atoms with Gasteiger partial charge in [0.1, 0.15) is 4.90 Å². The molecule has 0 amide bonds. The Kier molecular flexibility index (Phi) is 2.76. The van der Waals surface area contributed by atoms with Crippen molar-refractivity contribution < 1.29 is 17.5 Å². The molecule has 0 fully saturated rings. The zero-order valence-electron chi connectivity index (χ0n) is 5.55. The fourth-order valence-electron chi connectivity index (χ4n) is 0.669. The second kappa shape index (κ2) is 3.47. The van der Waals surface area contributed by atoms with Crippen molar-refractivity contribution in [3.63, 3.8) is 0 Å². The summed E-state index contributed by atoms with van der Waals surface area (Å²) in [6.07, 6.45) is 0. The predicted octanol–water partition coefficient (Wildman–Crippen LogP) is 2.20. The van der Waals surface area contributed by atoms with Gasteiger partial charge in [0.25, 0.3) is 0 Å². The lowest BCUT2D eigenvalue weighted by atomic mass is 10.3. The lowest BCUT2D eigenvalue weighted by molar-refractivity contribution is 0.481. The van der Waals surface area contributed by atoms with Crippen LogP contribution >= 0.6 is 11.6 Å². The summed E-state index contributed by atoms with van der Waals surface area (Å²) in [5.74, 6) is -2.58. The summed E-state index contributed by atoms with van der Waals surface area (Å²) >= 11 is 2.73. The van der Waals surface area contributed by atoms with Gasteiger partial charge >= 0.3 is 0 Å². The van der Waals surface area contributed by atoms with Crippen molar-refractivity contribution in [1.82, 2.24) is 0 Å². The first-order chi connectivity index (χ1) is 5.54. The molecule has 0 aliphatic heterocycles. The Labute approximate surface area is 74.4 Å². The van der Waals surface area contributed by atoms with Crippen LogP contribution in [0.4, 0.5) is 8.78 Å². The maximum absolute atomic E-state index is 12.7. The number of hydrogen-bond donors (Lipinski definition) is 1. The molecule has 2 nitrogen and oxygen atoms in total. The zero-order chi connectivity index (χ0) is 9.30. The largest absolute Gasteiger partial charge is 0.302 e. The van der Waals surface area contributed by atoms with Crippen molar-refractivity contribution in [3.8, 4) is 0 Å². The number of halogens is 3. The van der Waals surface area contributed by atoms with Crippen LogP contribution in [-0.4, -0.2) is 8.76 Å². The van der Waals surface area contributed by atoms with Crippen molar-refractivity contribution in [1.29, 1.82) is 0 Å². The maximum Gasteiger partial charge on any atom is 0.191 e. The van der Waals surface area contributed by atoms with Crippen LogP contribution in [0.2, 0.25) is 5.02 Å². The van der Waals surface area contributed by atoms with Crippen molar-refractivity contribution >= 4 is 22.7 Å². The topological polar surface area (TPSA) is 37.3 Å². The molecule has 66 valence electrons. The van der Waals surface area contributed by atoms with Gasteiger partial charge in [0.05, 0.1) is 5.02 Å². The van der Waals surface area contributed by atoms with E-state index in [0.29, 0.717) is 0 Å². The fraction of sp³-hybridized carbons (Fsp3) is 0. The second-order valence-corrected chi connectivity index (χ2v) is 3.24. The molecule has 6 heteroatoms. The first kappa shape index (κ1) is 9.57. The standard InChI is InChI=1S/C6H3ClF2O2S/c7-3-1-2-4(8)5(9)6(3)12(10)11/h1-2H,(H,10,11). The molecule has 1 rings (SSSR count). The predicted molar refractivity (Wildman–Crippen MR) is 40.4 cm³/mol. The van der Waals surface area contributed by atoms with E-state index in [-0.39, 0.29) is 5.02 Å². The van der Waals surface area contributed by atoms with Gasteiger partial charge in [-0.15, -0.1) is 0 Å². The second-order valence-electron chi connectivity index (χ2n) is 1.92.